The second kappa shape index (κ2) is 8.27. The SMILES string of the molecule is C=CCC/C=C/CCOc1ccc2cc(CF)oc(=O)c2c1F. The molecule has 0 bridgehead atoms. The van der Waals surface area contributed by atoms with Gasteiger partial charge in [0.15, 0.2) is 11.6 Å². The summed E-state index contributed by atoms with van der Waals surface area (Å²) >= 11 is 0. The summed E-state index contributed by atoms with van der Waals surface area (Å²) in [4.78, 5) is 11.8. The lowest BCUT2D eigenvalue weighted by molar-refractivity contribution is 0.308. The van der Waals surface area contributed by atoms with E-state index in [0.29, 0.717) is 18.4 Å². The molecule has 0 unspecified atom stereocenters. The molecular weight excluding hydrogens is 302 g/mol. The van der Waals surface area contributed by atoms with Crippen LogP contribution in [-0.2, 0) is 6.67 Å². The quantitative estimate of drug-likeness (QED) is 0.523. The highest BCUT2D eigenvalue weighted by atomic mass is 19.1. The summed E-state index contributed by atoms with van der Waals surface area (Å²) in [7, 11) is 0. The Balaban J connectivity index is 2.09. The average Bonchev–Trinajstić information content (AvgIpc) is 2.55. The smallest absolute Gasteiger partial charge is 0.347 e. The monoisotopic (exact) mass is 320 g/mol. The van der Waals surface area contributed by atoms with Crippen LogP contribution in [0.1, 0.15) is 25.0 Å². The van der Waals surface area contributed by atoms with E-state index in [1.54, 1.807) is 0 Å². The van der Waals surface area contributed by atoms with Gasteiger partial charge in [-0.25, -0.2) is 13.6 Å². The molecule has 0 amide bonds. The van der Waals surface area contributed by atoms with Crippen molar-refractivity contribution in [2.24, 2.45) is 0 Å². The van der Waals surface area contributed by atoms with Crippen molar-refractivity contribution in [1.82, 2.24) is 0 Å². The summed E-state index contributed by atoms with van der Waals surface area (Å²) in [5, 5.41) is 0.0734. The molecule has 0 radical (unpaired) electrons. The van der Waals surface area contributed by atoms with E-state index in [-0.39, 0.29) is 16.9 Å². The van der Waals surface area contributed by atoms with E-state index in [1.165, 1.54) is 18.2 Å². The number of fused-ring (bicyclic) bond motifs is 1. The first-order valence-corrected chi connectivity index (χ1v) is 7.37. The zero-order valence-corrected chi connectivity index (χ0v) is 12.7. The van der Waals surface area contributed by atoms with Gasteiger partial charge in [-0.1, -0.05) is 24.3 Å². The summed E-state index contributed by atoms with van der Waals surface area (Å²) in [5.74, 6) is -0.921. The van der Waals surface area contributed by atoms with Gasteiger partial charge in [0.1, 0.15) is 17.8 Å². The van der Waals surface area contributed by atoms with Gasteiger partial charge in [0.05, 0.1) is 6.61 Å². The summed E-state index contributed by atoms with van der Waals surface area (Å²) < 4.78 is 37.0. The van der Waals surface area contributed by atoms with Gasteiger partial charge < -0.3 is 9.15 Å². The van der Waals surface area contributed by atoms with Gasteiger partial charge in [-0.2, -0.15) is 0 Å². The molecule has 1 heterocycles. The molecule has 0 aliphatic carbocycles. The number of ether oxygens (including phenoxy) is 1. The third kappa shape index (κ3) is 4.28. The van der Waals surface area contributed by atoms with Crippen LogP contribution in [0.5, 0.6) is 5.75 Å². The van der Waals surface area contributed by atoms with E-state index in [2.05, 4.69) is 6.58 Å². The van der Waals surface area contributed by atoms with Gasteiger partial charge in [-0.3, -0.25) is 0 Å². The average molecular weight is 320 g/mol. The molecule has 0 fully saturated rings. The second-order valence-corrected chi connectivity index (χ2v) is 4.95. The lowest BCUT2D eigenvalue weighted by Gasteiger charge is -2.08. The first-order valence-electron chi connectivity index (χ1n) is 7.37. The zero-order chi connectivity index (χ0) is 16.7. The van der Waals surface area contributed by atoms with E-state index in [0.717, 1.165) is 12.8 Å². The Morgan fingerprint density at radius 2 is 2.00 bits per heavy atom. The van der Waals surface area contributed by atoms with Gasteiger partial charge >= 0.3 is 5.63 Å². The molecule has 0 N–H and O–H groups in total. The molecule has 0 saturated heterocycles. The first-order chi connectivity index (χ1) is 11.2. The number of allylic oxidation sites excluding steroid dienone is 2. The third-order valence-electron chi connectivity index (χ3n) is 3.26. The zero-order valence-electron chi connectivity index (χ0n) is 12.7. The Labute approximate surface area is 132 Å². The van der Waals surface area contributed by atoms with Crippen molar-refractivity contribution in [1.29, 1.82) is 0 Å². The molecule has 3 nitrogen and oxygen atoms in total. The van der Waals surface area contributed by atoms with Crippen LogP contribution >= 0.6 is 0 Å². The maximum Gasteiger partial charge on any atom is 0.347 e. The van der Waals surface area contributed by atoms with Gasteiger partial charge in [0, 0.05) is 0 Å². The van der Waals surface area contributed by atoms with Gasteiger partial charge in [0.2, 0.25) is 0 Å². The minimum absolute atomic E-state index is 0.0164. The molecule has 1 aromatic heterocycles. The number of rotatable bonds is 8. The van der Waals surface area contributed by atoms with Crippen molar-refractivity contribution in [2.75, 3.05) is 6.61 Å². The largest absolute Gasteiger partial charge is 0.490 e. The van der Waals surface area contributed by atoms with E-state index in [1.807, 2.05) is 18.2 Å². The number of alkyl halides is 1. The van der Waals surface area contributed by atoms with Crippen LogP contribution in [0.25, 0.3) is 10.8 Å². The van der Waals surface area contributed by atoms with Crippen molar-refractivity contribution in [3.8, 4) is 5.75 Å². The van der Waals surface area contributed by atoms with Crippen molar-refractivity contribution in [3.05, 3.63) is 65.0 Å². The minimum Gasteiger partial charge on any atom is -0.490 e. The van der Waals surface area contributed by atoms with Crippen LogP contribution in [0, 0.1) is 5.82 Å². The Bertz CT molecular complexity index is 763. The molecule has 2 rings (SSSR count). The maximum atomic E-state index is 14.3. The lowest BCUT2D eigenvalue weighted by Crippen LogP contribution is -2.06. The summed E-state index contributed by atoms with van der Waals surface area (Å²) in [5.41, 5.74) is -0.901. The van der Waals surface area contributed by atoms with E-state index >= 15 is 0 Å². The molecular formula is C18H18F2O3. The van der Waals surface area contributed by atoms with E-state index in [9.17, 15) is 13.6 Å². The predicted molar refractivity (Wildman–Crippen MR) is 85.9 cm³/mol. The van der Waals surface area contributed by atoms with Gasteiger partial charge in [0.25, 0.3) is 0 Å². The predicted octanol–water partition coefficient (Wildman–Crippen LogP) is 4.69. The highest BCUT2D eigenvalue weighted by Gasteiger charge is 2.14. The molecule has 1 aromatic carbocycles. The van der Waals surface area contributed by atoms with Crippen molar-refractivity contribution >= 4 is 10.8 Å². The van der Waals surface area contributed by atoms with E-state index in [4.69, 9.17) is 9.15 Å². The fourth-order valence-corrected chi connectivity index (χ4v) is 2.14. The number of hydrogen-bond acceptors (Lipinski definition) is 3. The fourth-order valence-electron chi connectivity index (χ4n) is 2.14. The van der Waals surface area contributed by atoms with Crippen LogP contribution in [0.3, 0.4) is 0 Å². The minimum atomic E-state index is -0.913. The second-order valence-electron chi connectivity index (χ2n) is 4.95. The first kappa shape index (κ1) is 16.9. The fraction of sp³-hybridized carbons (Fsp3) is 0.278. The maximum absolute atomic E-state index is 14.3. The normalized spacial score (nSPS) is 11.2. The van der Waals surface area contributed by atoms with Crippen molar-refractivity contribution in [3.63, 3.8) is 0 Å². The summed E-state index contributed by atoms with van der Waals surface area (Å²) in [6.45, 7) is 3.01. The number of hydrogen-bond donors (Lipinski definition) is 0. The molecule has 0 spiro atoms. The van der Waals surface area contributed by atoms with E-state index < -0.39 is 18.1 Å². The standard InChI is InChI=1S/C18H18F2O3/c1-2-3-4-5-6-7-10-22-15-9-8-13-11-14(12-19)23-18(21)16(13)17(15)20/h2,5-6,8-9,11H,1,3-4,7,10,12H2/b6-5+. The van der Waals surface area contributed by atoms with Gasteiger partial charge in [-0.15, -0.1) is 6.58 Å². The van der Waals surface area contributed by atoms with Crippen LogP contribution in [0.4, 0.5) is 8.78 Å². The van der Waals surface area contributed by atoms with Crippen LogP contribution in [0.2, 0.25) is 0 Å². The lowest BCUT2D eigenvalue weighted by atomic mass is 10.1. The Morgan fingerprint density at radius 1 is 1.22 bits per heavy atom. The van der Waals surface area contributed by atoms with Gasteiger partial charge in [-0.05, 0) is 36.8 Å². The number of benzene rings is 1. The molecule has 0 atom stereocenters. The van der Waals surface area contributed by atoms with Crippen molar-refractivity contribution in [2.45, 2.75) is 25.9 Å². The number of halogens is 2. The topological polar surface area (TPSA) is 39.4 Å². The molecule has 23 heavy (non-hydrogen) atoms. The molecule has 0 aliphatic rings. The molecule has 5 heteroatoms. The summed E-state index contributed by atoms with van der Waals surface area (Å²) in [6, 6.07) is 4.26. The molecule has 122 valence electrons. The van der Waals surface area contributed by atoms with Crippen LogP contribution < -0.4 is 10.4 Å². The Kier molecular flexibility index (Phi) is 6.09. The van der Waals surface area contributed by atoms with Crippen LogP contribution in [0.15, 0.2) is 52.2 Å². The van der Waals surface area contributed by atoms with Crippen molar-refractivity contribution < 1.29 is 17.9 Å². The molecule has 0 aliphatic heterocycles. The molecule has 2 aromatic rings. The number of unbranched alkanes of at least 4 members (excludes halogenated alkanes) is 1. The van der Waals surface area contributed by atoms with Crippen LogP contribution in [-0.4, -0.2) is 6.61 Å². The highest BCUT2D eigenvalue weighted by Crippen LogP contribution is 2.25. The summed E-state index contributed by atoms with van der Waals surface area (Å²) in [6.07, 6.45) is 8.24. The molecule has 0 saturated carbocycles. The Hall–Kier alpha value is -2.43. The Morgan fingerprint density at radius 3 is 2.74 bits per heavy atom. The third-order valence-corrected chi connectivity index (χ3v) is 3.26. The highest BCUT2D eigenvalue weighted by molar-refractivity contribution is 5.83.